The molecule has 0 radical (unpaired) electrons. The van der Waals surface area contributed by atoms with Gasteiger partial charge in [0.2, 0.25) is 5.95 Å². The van der Waals surface area contributed by atoms with Gasteiger partial charge in [0.15, 0.2) is 5.15 Å². The molecule has 1 N–H and O–H groups in total. The number of anilines is 2. The Bertz CT molecular complexity index is 1250. The molecule has 0 spiro atoms. The molecule has 2 saturated heterocycles. The summed E-state index contributed by atoms with van der Waals surface area (Å²) in [7, 11) is 0. The van der Waals surface area contributed by atoms with Crippen LogP contribution in [0.2, 0.25) is 10.2 Å². The third kappa shape index (κ3) is 4.77. The highest BCUT2D eigenvalue weighted by atomic mass is 35.5. The van der Waals surface area contributed by atoms with Gasteiger partial charge in [0.25, 0.3) is 0 Å². The van der Waals surface area contributed by atoms with Crippen molar-refractivity contribution < 1.29 is 9.13 Å². The summed E-state index contributed by atoms with van der Waals surface area (Å²) < 4.78 is 22.6. The second-order valence-electron chi connectivity index (χ2n) is 9.42. The van der Waals surface area contributed by atoms with Crippen molar-refractivity contribution in [1.29, 1.82) is 0 Å². The van der Waals surface area contributed by atoms with Crippen molar-refractivity contribution in [3.63, 3.8) is 0 Å². The smallest absolute Gasteiger partial charge is 0.227 e. The van der Waals surface area contributed by atoms with Gasteiger partial charge in [-0.05, 0) is 43.0 Å². The van der Waals surface area contributed by atoms with Gasteiger partial charge in [0.05, 0.1) is 30.6 Å². The molecule has 2 fully saturated rings. The number of alkyl halides is 1. The van der Waals surface area contributed by atoms with E-state index in [4.69, 9.17) is 27.9 Å². The lowest BCUT2D eigenvalue weighted by Crippen LogP contribution is -2.48. The number of likely N-dealkylation sites (tertiary alicyclic amines) is 1. The van der Waals surface area contributed by atoms with Crippen LogP contribution in [0.4, 0.5) is 16.0 Å². The van der Waals surface area contributed by atoms with Crippen LogP contribution in [0.25, 0.3) is 16.6 Å². The van der Waals surface area contributed by atoms with Gasteiger partial charge in [-0.25, -0.2) is 19.0 Å². The average molecular weight is 519 g/mol. The number of rotatable bonds is 6. The third-order valence-electron chi connectivity index (χ3n) is 7.13. The highest BCUT2D eigenvalue weighted by Gasteiger charge is 2.38. The van der Waals surface area contributed by atoms with Gasteiger partial charge in [-0.2, -0.15) is 5.10 Å². The van der Waals surface area contributed by atoms with Gasteiger partial charge >= 0.3 is 0 Å². The van der Waals surface area contributed by atoms with Crippen molar-refractivity contribution in [2.24, 2.45) is 5.92 Å². The van der Waals surface area contributed by atoms with E-state index < -0.39 is 6.17 Å². The Kier molecular flexibility index (Phi) is 6.99. The van der Waals surface area contributed by atoms with Gasteiger partial charge < -0.3 is 10.1 Å². The van der Waals surface area contributed by atoms with Gasteiger partial charge in [-0.3, -0.25) is 4.90 Å². The largest absolute Gasteiger partial charge is 0.379 e. The van der Waals surface area contributed by atoms with Crippen LogP contribution >= 0.6 is 23.2 Å². The van der Waals surface area contributed by atoms with E-state index in [1.54, 1.807) is 17.1 Å². The standard InChI is InChI=1S/C25H29Cl2FN6O/c1-4-15(3)34-24(27)22(10-30-34)32-25-29-9-16-7-19(26)18(8-21(16)31-25)17-5-6-33(11-20(17)28)23-13-35-12-14(23)2/h7-10,14,17,20,23H,3-6,11-13H2,1-2H3,(H,29,31,32)/t14-,17-,20+,23+/m1/s1. The van der Waals surface area contributed by atoms with Gasteiger partial charge in [-0.1, -0.05) is 43.6 Å². The predicted octanol–water partition coefficient (Wildman–Crippen LogP) is 5.92. The van der Waals surface area contributed by atoms with Crippen LogP contribution in [0.5, 0.6) is 0 Å². The van der Waals surface area contributed by atoms with Crippen molar-refractivity contribution in [2.45, 2.75) is 44.8 Å². The monoisotopic (exact) mass is 518 g/mol. The summed E-state index contributed by atoms with van der Waals surface area (Å²) >= 11 is 13.1. The van der Waals surface area contributed by atoms with Gasteiger partial charge in [0.1, 0.15) is 6.17 Å². The Hall–Kier alpha value is -2.26. The Morgan fingerprint density at radius 2 is 2.11 bits per heavy atom. The highest BCUT2D eigenvalue weighted by Crippen LogP contribution is 2.38. The first kappa shape index (κ1) is 24.4. The SMILES string of the molecule is C=C(CC)n1ncc(Nc2ncc3cc(Cl)c([C@H]4CCN([C@H]5COC[C@H]5C)C[C@@H]4F)cc3n2)c1Cl. The molecule has 0 aliphatic carbocycles. The van der Waals surface area contributed by atoms with E-state index in [1.807, 2.05) is 19.1 Å². The summed E-state index contributed by atoms with van der Waals surface area (Å²) in [4.78, 5) is 11.3. The number of fused-ring (bicyclic) bond motifs is 1. The van der Waals surface area contributed by atoms with E-state index in [1.165, 1.54) is 0 Å². The zero-order valence-electron chi connectivity index (χ0n) is 19.8. The number of benzene rings is 1. The molecule has 4 atom stereocenters. The number of nitrogens with one attached hydrogen (secondary N) is 1. The Labute approximate surface area is 214 Å². The molecular formula is C25H29Cl2FN6O. The van der Waals surface area contributed by atoms with Crippen LogP contribution < -0.4 is 5.32 Å². The second kappa shape index (κ2) is 10.0. The maximum absolute atomic E-state index is 15.4. The summed E-state index contributed by atoms with van der Waals surface area (Å²) in [5, 5.41) is 9.14. The molecule has 3 aromatic rings. The quantitative estimate of drug-likeness (QED) is 0.436. The first-order chi connectivity index (χ1) is 16.9. The van der Waals surface area contributed by atoms with Crippen molar-refractivity contribution in [1.82, 2.24) is 24.6 Å². The molecule has 0 saturated carbocycles. The van der Waals surface area contributed by atoms with Crippen LogP contribution in [0.3, 0.4) is 0 Å². The fourth-order valence-corrected chi connectivity index (χ4v) is 5.59. The number of ether oxygens (including phenoxy) is 1. The minimum atomic E-state index is -1.01. The fraction of sp³-hybridized carbons (Fsp3) is 0.480. The zero-order valence-corrected chi connectivity index (χ0v) is 21.4. The first-order valence-electron chi connectivity index (χ1n) is 12.0. The van der Waals surface area contributed by atoms with Crippen molar-refractivity contribution in [3.05, 3.63) is 46.8 Å². The number of piperidine rings is 1. The summed E-state index contributed by atoms with van der Waals surface area (Å²) in [6.45, 7) is 10.8. The number of aromatic nitrogens is 4. The number of hydrogen-bond acceptors (Lipinski definition) is 6. The lowest BCUT2D eigenvalue weighted by atomic mass is 9.86. The molecular weight excluding hydrogens is 490 g/mol. The molecule has 2 aliphatic rings. The number of hydrogen-bond donors (Lipinski definition) is 1. The Morgan fingerprint density at radius 1 is 1.29 bits per heavy atom. The third-order valence-corrected chi connectivity index (χ3v) is 7.82. The van der Waals surface area contributed by atoms with Crippen LogP contribution in [-0.2, 0) is 4.74 Å². The maximum Gasteiger partial charge on any atom is 0.227 e. The van der Waals surface area contributed by atoms with E-state index in [2.05, 4.69) is 38.8 Å². The first-order valence-corrected chi connectivity index (χ1v) is 12.7. The minimum Gasteiger partial charge on any atom is -0.379 e. The fourth-order valence-electron chi connectivity index (χ4n) is 5.01. The van der Waals surface area contributed by atoms with E-state index in [-0.39, 0.29) is 12.0 Å². The normalized spacial score (nSPS) is 25.3. The molecule has 1 aromatic carbocycles. The molecule has 0 unspecified atom stereocenters. The topological polar surface area (TPSA) is 68.1 Å². The molecule has 7 nitrogen and oxygen atoms in total. The molecule has 5 rings (SSSR count). The number of nitrogens with zero attached hydrogens (tertiary/aromatic N) is 5. The lowest BCUT2D eigenvalue weighted by molar-refractivity contribution is 0.0659. The Morgan fingerprint density at radius 3 is 2.83 bits per heavy atom. The molecule has 4 heterocycles. The van der Waals surface area contributed by atoms with E-state index in [0.717, 1.165) is 36.2 Å². The summed E-state index contributed by atoms with van der Waals surface area (Å²) in [6.07, 6.45) is 3.71. The van der Waals surface area contributed by atoms with Gasteiger partial charge in [0, 0.05) is 40.8 Å². The van der Waals surface area contributed by atoms with Crippen molar-refractivity contribution >= 4 is 51.4 Å². The zero-order chi connectivity index (χ0) is 24.7. The molecule has 186 valence electrons. The van der Waals surface area contributed by atoms with Crippen LogP contribution in [0.15, 0.2) is 31.1 Å². The minimum absolute atomic E-state index is 0.278. The van der Waals surface area contributed by atoms with E-state index >= 15 is 4.39 Å². The second-order valence-corrected chi connectivity index (χ2v) is 10.2. The summed E-state index contributed by atoms with van der Waals surface area (Å²) in [6, 6.07) is 3.99. The van der Waals surface area contributed by atoms with Crippen LogP contribution in [0, 0.1) is 5.92 Å². The maximum atomic E-state index is 15.4. The average Bonchev–Trinajstić information content (AvgIpc) is 3.44. The van der Waals surface area contributed by atoms with Crippen molar-refractivity contribution in [2.75, 3.05) is 31.6 Å². The van der Waals surface area contributed by atoms with Crippen LogP contribution in [-0.4, -0.2) is 63.2 Å². The molecule has 0 amide bonds. The van der Waals surface area contributed by atoms with Gasteiger partial charge in [-0.15, -0.1) is 0 Å². The molecule has 0 bridgehead atoms. The van der Waals surface area contributed by atoms with Crippen molar-refractivity contribution in [3.8, 4) is 0 Å². The lowest BCUT2D eigenvalue weighted by Gasteiger charge is -2.39. The number of halogens is 3. The molecule has 35 heavy (non-hydrogen) atoms. The molecule has 2 aromatic heterocycles. The number of allylic oxidation sites excluding steroid dienone is 1. The van der Waals surface area contributed by atoms with E-state index in [9.17, 15) is 0 Å². The van der Waals surface area contributed by atoms with E-state index in [0.29, 0.717) is 52.8 Å². The molecule has 2 aliphatic heterocycles. The Balaban J connectivity index is 1.37. The van der Waals surface area contributed by atoms with Crippen LogP contribution in [0.1, 0.15) is 38.2 Å². The predicted molar refractivity (Wildman–Crippen MR) is 138 cm³/mol. The highest BCUT2D eigenvalue weighted by molar-refractivity contribution is 6.32. The molecule has 10 heteroatoms. The summed E-state index contributed by atoms with van der Waals surface area (Å²) in [5.74, 6) is 0.516. The summed E-state index contributed by atoms with van der Waals surface area (Å²) in [5.41, 5.74) is 2.84.